The number of rotatable bonds is 5. The Morgan fingerprint density at radius 2 is 1.74 bits per heavy atom. The van der Waals surface area contributed by atoms with E-state index in [1.165, 1.54) is 12.1 Å². The van der Waals surface area contributed by atoms with E-state index in [0.29, 0.717) is 5.69 Å². The first-order valence-corrected chi connectivity index (χ1v) is 9.09. The van der Waals surface area contributed by atoms with Crippen molar-refractivity contribution in [3.63, 3.8) is 0 Å². The average Bonchev–Trinajstić information content (AvgIpc) is 2.45. The summed E-state index contributed by atoms with van der Waals surface area (Å²) in [6.45, 7) is 3.30. The Morgan fingerprint density at radius 3 is 2.26 bits per heavy atom. The zero-order valence-corrected chi connectivity index (χ0v) is 15.2. The van der Waals surface area contributed by atoms with Crippen LogP contribution in [-0.4, -0.2) is 20.9 Å². The van der Waals surface area contributed by atoms with Crippen LogP contribution >= 0.6 is 15.9 Å². The van der Waals surface area contributed by atoms with Gasteiger partial charge in [0.25, 0.3) is 10.0 Å². The number of hydrogen-bond donors (Lipinski definition) is 1. The van der Waals surface area contributed by atoms with Gasteiger partial charge < -0.3 is 5.73 Å². The molecular formula is C16H17BrN2O3S. The van der Waals surface area contributed by atoms with E-state index in [2.05, 4.69) is 15.9 Å². The third-order valence-corrected chi connectivity index (χ3v) is 5.62. The predicted molar refractivity (Wildman–Crippen MR) is 93.8 cm³/mol. The maximum atomic E-state index is 12.9. The summed E-state index contributed by atoms with van der Waals surface area (Å²) < 4.78 is 27.7. The summed E-state index contributed by atoms with van der Waals surface area (Å²) in [5.41, 5.74) is 7.46. The van der Waals surface area contributed by atoms with Crippen molar-refractivity contribution in [2.45, 2.75) is 18.7 Å². The zero-order valence-electron chi connectivity index (χ0n) is 12.8. The number of hydrogen-bond acceptors (Lipinski definition) is 3. The molecule has 0 atom stereocenters. The van der Waals surface area contributed by atoms with Crippen LogP contribution in [0.3, 0.4) is 0 Å². The van der Waals surface area contributed by atoms with Crippen molar-refractivity contribution in [3.8, 4) is 0 Å². The summed E-state index contributed by atoms with van der Waals surface area (Å²) in [5, 5.41) is 0. The molecule has 0 unspecified atom stereocenters. The molecular weight excluding hydrogens is 380 g/mol. The van der Waals surface area contributed by atoms with E-state index in [4.69, 9.17) is 5.73 Å². The molecule has 0 fully saturated rings. The molecule has 0 heterocycles. The van der Waals surface area contributed by atoms with Crippen LogP contribution in [0.4, 0.5) is 5.69 Å². The minimum absolute atomic E-state index is 0.0990. The smallest absolute Gasteiger partial charge is 0.264 e. The van der Waals surface area contributed by atoms with E-state index in [0.717, 1.165) is 19.9 Å². The Hall–Kier alpha value is -1.86. The van der Waals surface area contributed by atoms with Gasteiger partial charge in [-0.3, -0.25) is 9.10 Å². The van der Waals surface area contributed by atoms with Gasteiger partial charge in [0.15, 0.2) is 0 Å². The third-order valence-electron chi connectivity index (χ3n) is 3.32. The molecule has 0 aromatic heterocycles. The average molecular weight is 397 g/mol. The quantitative estimate of drug-likeness (QED) is 0.843. The zero-order chi connectivity index (χ0) is 17.2. The molecule has 7 heteroatoms. The Bertz CT molecular complexity index is 833. The number of primary amides is 1. The summed E-state index contributed by atoms with van der Waals surface area (Å²) >= 11 is 3.27. The minimum Gasteiger partial charge on any atom is -0.368 e. The molecule has 2 aromatic rings. The molecule has 5 nitrogen and oxygen atoms in total. The number of nitrogens with two attached hydrogens (primary N) is 1. The SMILES string of the molecule is Cc1ccc(N(CC(N)=O)S(=O)(=O)c2ccc(Br)cc2)c(C)c1. The van der Waals surface area contributed by atoms with Crippen molar-refractivity contribution in [3.05, 3.63) is 58.1 Å². The summed E-state index contributed by atoms with van der Waals surface area (Å²) in [6, 6.07) is 11.6. The topological polar surface area (TPSA) is 80.5 Å². The number of anilines is 1. The normalized spacial score (nSPS) is 11.3. The lowest BCUT2D eigenvalue weighted by Crippen LogP contribution is -2.39. The number of sulfonamides is 1. The molecule has 2 rings (SSSR count). The molecule has 2 aromatic carbocycles. The largest absolute Gasteiger partial charge is 0.368 e. The Morgan fingerprint density at radius 1 is 1.13 bits per heavy atom. The lowest BCUT2D eigenvalue weighted by molar-refractivity contribution is -0.116. The van der Waals surface area contributed by atoms with Gasteiger partial charge in [-0.15, -0.1) is 0 Å². The van der Waals surface area contributed by atoms with Crippen molar-refractivity contribution in [2.24, 2.45) is 5.73 Å². The highest BCUT2D eigenvalue weighted by molar-refractivity contribution is 9.10. The van der Waals surface area contributed by atoms with Crippen molar-refractivity contribution < 1.29 is 13.2 Å². The van der Waals surface area contributed by atoms with Gasteiger partial charge in [0.1, 0.15) is 6.54 Å². The maximum absolute atomic E-state index is 12.9. The van der Waals surface area contributed by atoms with E-state index in [1.54, 1.807) is 31.2 Å². The first kappa shape index (κ1) is 17.5. The molecule has 23 heavy (non-hydrogen) atoms. The van der Waals surface area contributed by atoms with Gasteiger partial charge in [-0.25, -0.2) is 8.42 Å². The fraction of sp³-hybridized carbons (Fsp3) is 0.188. The van der Waals surface area contributed by atoms with Gasteiger partial charge in [-0.1, -0.05) is 33.6 Å². The highest BCUT2D eigenvalue weighted by Gasteiger charge is 2.27. The molecule has 1 amide bonds. The molecule has 0 bridgehead atoms. The van der Waals surface area contributed by atoms with Crippen LogP contribution in [-0.2, 0) is 14.8 Å². The number of aryl methyl sites for hydroxylation is 2. The Labute approximate surface area is 144 Å². The van der Waals surface area contributed by atoms with E-state index < -0.39 is 22.5 Å². The third kappa shape index (κ3) is 3.92. The maximum Gasteiger partial charge on any atom is 0.264 e. The van der Waals surface area contributed by atoms with Crippen molar-refractivity contribution in [2.75, 3.05) is 10.8 Å². The van der Waals surface area contributed by atoms with Crippen molar-refractivity contribution >= 4 is 37.5 Å². The minimum atomic E-state index is -3.89. The monoisotopic (exact) mass is 396 g/mol. The van der Waals surface area contributed by atoms with Crippen LogP contribution in [0, 0.1) is 13.8 Å². The second-order valence-electron chi connectivity index (χ2n) is 5.22. The molecule has 0 aliphatic carbocycles. The molecule has 0 spiro atoms. The Kier molecular flexibility index (Phi) is 5.11. The number of carbonyl (C=O) groups is 1. The van der Waals surface area contributed by atoms with E-state index in [1.807, 2.05) is 13.0 Å². The first-order valence-electron chi connectivity index (χ1n) is 6.85. The number of carbonyl (C=O) groups excluding carboxylic acids is 1. The van der Waals surface area contributed by atoms with Gasteiger partial charge in [0.2, 0.25) is 5.91 Å². The Balaban J connectivity index is 2.57. The van der Waals surface area contributed by atoms with Crippen LogP contribution in [0.5, 0.6) is 0 Å². The van der Waals surface area contributed by atoms with Crippen LogP contribution in [0.2, 0.25) is 0 Å². The van der Waals surface area contributed by atoms with E-state index in [-0.39, 0.29) is 4.90 Å². The van der Waals surface area contributed by atoms with Crippen molar-refractivity contribution in [1.29, 1.82) is 0 Å². The summed E-state index contributed by atoms with van der Waals surface area (Å²) in [4.78, 5) is 11.5. The lowest BCUT2D eigenvalue weighted by Gasteiger charge is -2.25. The van der Waals surface area contributed by atoms with Crippen LogP contribution in [0.15, 0.2) is 51.8 Å². The molecule has 0 aliphatic rings. The van der Waals surface area contributed by atoms with Crippen LogP contribution < -0.4 is 10.0 Å². The number of nitrogens with zero attached hydrogens (tertiary/aromatic N) is 1. The highest BCUT2D eigenvalue weighted by Crippen LogP contribution is 2.28. The van der Waals surface area contributed by atoms with Crippen molar-refractivity contribution in [1.82, 2.24) is 0 Å². The van der Waals surface area contributed by atoms with Gasteiger partial charge in [-0.05, 0) is 49.7 Å². The van der Waals surface area contributed by atoms with Crippen LogP contribution in [0.25, 0.3) is 0 Å². The molecule has 0 aliphatic heterocycles. The molecule has 0 radical (unpaired) electrons. The molecule has 0 saturated carbocycles. The number of amides is 1. The van der Waals surface area contributed by atoms with Gasteiger partial charge in [0.05, 0.1) is 10.6 Å². The van der Waals surface area contributed by atoms with Crippen LogP contribution in [0.1, 0.15) is 11.1 Å². The highest BCUT2D eigenvalue weighted by atomic mass is 79.9. The fourth-order valence-electron chi connectivity index (χ4n) is 2.26. The second kappa shape index (κ2) is 6.72. The van der Waals surface area contributed by atoms with Gasteiger partial charge in [0, 0.05) is 4.47 Å². The number of benzene rings is 2. The molecule has 0 saturated heterocycles. The summed E-state index contributed by atoms with van der Waals surface area (Å²) in [5.74, 6) is -0.717. The van der Waals surface area contributed by atoms with E-state index in [9.17, 15) is 13.2 Å². The molecule has 122 valence electrons. The standard InChI is InChI=1S/C16H17BrN2O3S/c1-11-3-8-15(12(2)9-11)19(10-16(18)20)23(21,22)14-6-4-13(17)5-7-14/h3-9H,10H2,1-2H3,(H2,18,20). The first-order chi connectivity index (χ1) is 10.7. The van der Waals surface area contributed by atoms with Gasteiger partial charge in [-0.2, -0.15) is 0 Å². The number of halogens is 1. The van der Waals surface area contributed by atoms with E-state index >= 15 is 0 Å². The predicted octanol–water partition coefficient (Wildman–Crippen LogP) is 2.75. The summed E-state index contributed by atoms with van der Waals surface area (Å²) in [7, 11) is -3.89. The lowest BCUT2D eigenvalue weighted by atomic mass is 10.1. The fourth-order valence-corrected chi connectivity index (χ4v) is 4.02. The summed E-state index contributed by atoms with van der Waals surface area (Å²) in [6.07, 6.45) is 0. The van der Waals surface area contributed by atoms with Gasteiger partial charge >= 0.3 is 0 Å². The second-order valence-corrected chi connectivity index (χ2v) is 8.00. The molecule has 2 N–H and O–H groups in total.